The van der Waals surface area contributed by atoms with Crippen molar-refractivity contribution < 1.29 is 9.53 Å². The topological polar surface area (TPSA) is 70.6 Å². The zero-order valence-corrected chi connectivity index (χ0v) is 14.6. The number of amides is 1. The molecular formula is C18H23N5O2. The van der Waals surface area contributed by atoms with E-state index in [2.05, 4.69) is 32.1 Å². The highest BCUT2D eigenvalue weighted by Crippen LogP contribution is 2.17. The van der Waals surface area contributed by atoms with Crippen LogP contribution in [0, 0.1) is 6.92 Å². The van der Waals surface area contributed by atoms with Gasteiger partial charge in [0.25, 0.3) is 5.91 Å². The van der Waals surface area contributed by atoms with E-state index < -0.39 is 0 Å². The fraction of sp³-hybridized carbons (Fsp3) is 0.389. The van der Waals surface area contributed by atoms with Crippen LogP contribution in [0.15, 0.2) is 36.7 Å². The number of aryl methyl sites for hydroxylation is 1. The van der Waals surface area contributed by atoms with Crippen molar-refractivity contribution >= 4 is 17.5 Å². The second-order valence-electron chi connectivity index (χ2n) is 6.15. The molecule has 1 aliphatic rings. The minimum absolute atomic E-state index is 0.0568. The van der Waals surface area contributed by atoms with Gasteiger partial charge in [0.05, 0.1) is 0 Å². The summed E-state index contributed by atoms with van der Waals surface area (Å²) < 4.78 is 5.56. The Hall–Kier alpha value is -2.67. The Labute approximate surface area is 147 Å². The van der Waals surface area contributed by atoms with Crippen molar-refractivity contribution in [2.45, 2.75) is 6.92 Å². The third-order valence-electron chi connectivity index (χ3n) is 4.20. The van der Waals surface area contributed by atoms with Crippen molar-refractivity contribution in [1.29, 1.82) is 0 Å². The van der Waals surface area contributed by atoms with Gasteiger partial charge >= 0.3 is 0 Å². The van der Waals surface area contributed by atoms with E-state index in [1.54, 1.807) is 6.07 Å². The molecule has 1 N–H and O–H groups in total. The van der Waals surface area contributed by atoms with E-state index in [-0.39, 0.29) is 12.5 Å². The predicted molar refractivity (Wildman–Crippen MR) is 97.0 cm³/mol. The Kier molecular flexibility index (Phi) is 5.45. The third kappa shape index (κ3) is 4.67. The van der Waals surface area contributed by atoms with Crippen LogP contribution in [0.4, 0.5) is 11.6 Å². The number of nitrogens with zero attached hydrogens (tertiary/aromatic N) is 4. The van der Waals surface area contributed by atoms with Gasteiger partial charge in [0.2, 0.25) is 0 Å². The Bertz CT molecular complexity index is 729. The highest BCUT2D eigenvalue weighted by molar-refractivity contribution is 5.91. The number of anilines is 2. The molecule has 1 aromatic heterocycles. The maximum atomic E-state index is 12.1. The number of hydrogen-bond acceptors (Lipinski definition) is 6. The number of carbonyl (C=O) groups excluding carboxylic acids is 1. The number of benzene rings is 1. The van der Waals surface area contributed by atoms with E-state index in [1.807, 2.05) is 31.2 Å². The molecule has 0 unspecified atom stereocenters. The lowest BCUT2D eigenvalue weighted by Gasteiger charge is -2.33. The maximum absolute atomic E-state index is 12.1. The van der Waals surface area contributed by atoms with E-state index in [4.69, 9.17) is 4.74 Å². The number of rotatable bonds is 5. The SMILES string of the molecule is Cc1ccccc1OCC(=O)Nc1cc(N2CCN(C)CC2)ncn1. The first-order chi connectivity index (χ1) is 12.1. The summed E-state index contributed by atoms with van der Waals surface area (Å²) in [7, 11) is 2.11. The molecule has 7 nitrogen and oxygen atoms in total. The van der Waals surface area contributed by atoms with Gasteiger partial charge in [-0.2, -0.15) is 0 Å². The van der Waals surface area contributed by atoms with Crippen LogP contribution in [-0.4, -0.2) is 60.6 Å². The van der Waals surface area contributed by atoms with Gasteiger partial charge in [-0.25, -0.2) is 9.97 Å². The predicted octanol–water partition coefficient (Wildman–Crippen LogP) is 1.55. The van der Waals surface area contributed by atoms with Crippen LogP contribution in [0.1, 0.15) is 5.56 Å². The molecule has 1 aliphatic heterocycles. The van der Waals surface area contributed by atoms with Crippen LogP contribution in [0.25, 0.3) is 0 Å². The Balaban J connectivity index is 1.56. The van der Waals surface area contributed by atoms with Crippen LogP contribution in [0.5, 0.6) is 5.75 Å². The Morgan fingerprint density at radius 2 is 1.96 bits per heavy atom. The Morgan fingerprint density at radius 1 is 1.20 bits per heavy atom. The molecule has 0 bridgehead atoms. The number of hydrogen-bond donors (Lipinski definition) is 1. The molecule has 3 rings (SSSR count). The van der Waals surface area contributed by atoms with Crippen molar-refractivity contribution in [3.63, 3.8) is 0 Å². The fourth-order valence-corrected chi connectivity index (χ4v) is 2.66. The summed E-state index contributed by atoms with van der Waals surface area (Å²) in [5.74, 6) is 1.78. The van der Waals surface area contributed by atoms with Crippen LogP contribution in [-0.2, 0) is 4.79 Å². The molecule has 25 heavy (non-hydrogen) atoms. The molecule has 0 saturated carbocycles. The first-order valence-electron chi connectivity index (χ1n) is 8.35. The lowest BCUT2D eigenvalue weighted by Crippen LogP contribution is -2.44. The van der Waals surface area contributed by atoms with Gasteiger partial charge in [-0.1, -0.05) is 18.2 Å². The monoisotopic (exact) mass is 341 g/mol. The molecule has 1 saturated heterocycles. The minimum Gasteiger partial charge on any atom is -0.483 e. The third-order valence-corrected chi connectivity index (χ3v) is 4.20. The summed E-state index contributed by atoms with van der Waals surface area (Å²) in [6, 6.07) is 9.41. The first kappa shape index (κ1) is 17.2. The second kappa shape index (κ2) is 7.94. The van der Waals surface area contributed by atoms with Crippen molar-refractivity contribution in [3.8, 4) is 5.75 Å². The van der Waals surface area contributed by atoms with Gasteiger partial charge in [-0.15, -0.1) is 0 Å². The summed E-state index contributed by atoms with van der Waals surface area (Å²) in [4.78, 5) is 25.0. The molecule has 0 aliphatic carbocycles. The van der Waals surface area contributed by atoms with E-state index in [0.717, 1.165) is 37.6 Å². The van der Waals surface area contributed by atoms with Crippen molar-refractivity contribution in [2.75, 3.05) is 50.1 Å². The quantitative estimate of drug-likeness (QED) is 0.890. The number of aromatic nitrogens is 2. The number of carbonyl (C=O) groups is 1. The molecular weight excluding hydrogens is 318 g/mol. The van der Waals surface area contributed by atoms with E-state index in [0.29, 0.717) is 11.6 Å². The highest BCUT2D eigenvalue weighted by atomic mass is 16.5. The molecule has 0 spiro atoms. The van der Waals surface area contributed by atoms with Crippen molar-refractivity contribution in [2.24, 2.45) is 0 Å². The van der Waals surface area contributed by atoms with E-state index in [9.17, 15) is 4.79 Å². The van der Waals surface area contributed by atoms with Gasteiger partial charge in [-0.3, -0.25) is 4.79 Å². The van der Waals surface area contributed by atoms with Crippen LogP contribution in [0.2, 0.25) is 0 Å². The zero-order chi connectivity index (χ0) is 17.6. The maximum Gasteiger partial charge on any atom is 0.263 e. The first-order valence-corrected chi connectivity index (χ1v) is 8.35. The number of nitrogens with one attached hydrogen (secondary N) is 1. The summed E-state index contributed by atoms with van der Waals surface area (Å²) in [5.41, 5.74) is 0.995. The summed E-state index contributed by atoms with van der Waals surface area (Å²) in [5, 5.41) is 2.77. The lowest BCUT2D eigenvalue weighted by molar-refractivity contribution is -0.118. The molecule has 0 atom stereocenters. The summed E-state index contributed by atoms with van der Waals surface area (Å²) in [6.07, 6.45) is 1.48. The second-order valence-corrected chi connectivity index (χ2v) is 6.15. The number of piperazine rings is 1. The molecule has 2 heterocycles. The summed E-state index contributed by atoms with van der Waals surface area (Å²) >= 11 is 0. The fourth-order valence-electron chi connectivity index (χ4n) is 2.66. The molecule has 1 aromatic carbocycles. The Morgan fingerprint density at radius 3 is 2.72 bits per heavy atom. The average molecular weight is 341 g/mol. The lowest BCUT2D eigenvalue weighted by atomic mass is 10.2. The van der Waals surface area contributed by atoms with E-state index in [1.165, 1.54) is 6.33 Å². The van der Waals surface area contributed by atoms with Gasteiger partial charge in [0, 0.05) is 32.2 Å². The van der Waals surface area contributed by atoms with Gasteiger partial charge in [-0.05, 0) is 25.6 Å². The minimum atomic E-state index is -0.244. The summed E-state index contributed by atoms with van der Waals surface area (Å²) in [6.45, 7) is 5.71. The average Bonchev–Trinajstić information content (AvgIpc) is 2.62. The smallest absolute Gasteiger partial charge is 0.263 e. The van der Waals surface area contributed by atoms with Crippen molar-refractivity contribution in [3.05, 3.63) is 42.2 Å². The standard InChI is InChI=1S/C18H23N5O2/c1-14-5-3-4-6-15(14)25-12-18(24)21-16-11-17(20-13-19-16)23-9-7-22(2)8-10-23/h3-6,11,13H,7-10,12H2,1-2H3,(H,19,20,21,24). The van der Waals surface area contributed by atoms with Crippen LogP contribution < -0.4 is 15.0 Å². The van der Waals surface area contributed by atoms with Crippen LogP contribution in [0.3, 0.4) is 0 Å². The number of ether oxygens (including phenoxy) is 1. The van der Waals surface area contributed by atoms with Crippen LogP contribution >= 0.6 is 0 Å². The highest BCUT2D eigenvalue weighted by Gasteiger charge is 2.16. The largest absolute Gasteiger partial charge is 0.483 e. The molecule has 0 radical (unpaired) electrons. The number of likely N-dealkylation sites (N-methyl/N-ethyl adjacent to an activating group) is 1. The zero-order valence-electron chi connectivity index (χ0n) is 14.6. The van der Waals surface area contributed by atoms with Gasteiger partial charge < -0.3 is 19.9 Å². The van der Waals surface area contributed by atoms with Gasteiger partial charge in [0.15, 0.2) is 6.61 Å². The molecule has 132 valence electrons. The van der Waals surface area contributed by atoms with Gasteiger partial charge in [0.1, 0.15) is 23.7 Å². The molecule has 2 aromatic rings. The molecule has 1 fully saturated rings. The molecule has 7 heteroatoms. The molecule has 1 amide bonds. The normalized spacial score (nSPS) is 15.0. The van der Waals surface area contributed by atoms with E-state index >= 15 is 0 Å². The number of para-hydroxylation sites is 1. The van der Waals surface area contributed by atoms with Crippen molar-refractivity contribution in [1.82, 2.24) is 14.9 Å².